The third kappa shape index (κ3) is 3.97. The summed E-state index contributed by atoms with van der Waals surface area (Å²) in [6, 6.07) is 3.82. The number of amides is 3. The van der Waals surface area contributed by atoms with Crippen molar-refractivity contribution in [1.82, 2.24) is 20.1 Å². The van der Waals surface area contributed by atoms with Gasteiger partial charge in [0, 0.05) is 44.3 Å². The summed E-state index contributed by atoms with van der Waals surface area (Å²) in [5.74, 6) is 0.583. The third-order valence-electron chi connectivity index (χ3n) is 7.05. The number of anilines is 1. The molecule has 1 saturated carbocycles. The van der Waals surface area contributed by atoms with Crippen molar-refractivity contribution < 1.29 is 9.59 Å². The predicted molar refractivity (Wildman–Crippen MR) is 112 cm³/mol. The zero-order valence-corrected chi connectivity index (χ0v) is 17.9. The van der Waals surface area contributed by atoms with E-state index in [4.69, 9.17) is 0 Å². The van der Waals surface area contributed by atoms with E-state index in [-0.39, 0.29) is 17.4 Å². The minimum Gasteiger partial charge on any atom is -0.369 e. The van der Waals surface area contributed by atoms with Gasteiger partial charge in [0.25, 0.3) is 5.91 Å². The van der Waals surface area contributed by atoms with Crippen molar-refractivity contribution in [2.24, 2.45) is 11.3 Å². The number of hydrogen-bond acceptors (Lipinski definition) is 5. The number of aromatic nitrogens is 1. The van der Waals surface area contributed by atoms with Crippen LogP contribution in [0.1, 0.15) is 46.5 Å². The van der Waals surface area contributed by atoms with Gasteiger partial charge in [0.15, 0.2) is 0 Å². The molecule has 2 saturated heterocycles. The van der Waals surface area contributed by atoms with Gasteiger partial charge in [0.1, 0.15) is 5.54 Å². The molecule has 0 aromatic carbocycles. The topological polar surface area (TPSA) is 68.8 Å². The lowest BCUT2D eigenvalue weighted by molar-refractivity contribution is -0.134. The highest BCUT2D eigenvalue weighted by molar-refractivity contribution is 6.07. The minimum absolute atomic E-state index is 0.0218. The van der Waals surface area contributed by atoms with Crippen LogP contribution in [0.25, 0.3) is 0 Å². The van der Waals surface area contributed by atoms with Gasteiger partial charge in [0.05, 0.1) is 6.67 Å². The van der Waals surface area contributed by atoms with Gasteiger partial charge >= 0.3 is 6.03 Å². The molecule has 1 aromatic rings. The van der Waals surface area contributed by atoms with E-state index in [1.165, 1.54) is 10.6 Å². The lowest BCUT2D eigenvalue weighted by Gasteiger charge is -2.41. The molecule has 0 atom stereocenters. The average molecular weight is 400 g/mol. The van der Waals surface area contributed by atoms with E-state index in [0.717, 1.165) is 51.9 Å². The molecule has 1 aliphatic carbocycles. The maximum atomic E-state index is 13.2. The SMILES string of the molecule is CC(C)(C)C1CCC2(CC1)NC(=O)N(CN1CCN(c3ccncc3)CC1)C2=O. The number of hydrogen-bond donors (Lipinski definition) is 1. The molecule has 3 aliphatic rings. The first-order chi connectivity index (χ1) is 13.8. The van der Waals surface area contributed by atoms with Gasteiger partial charge in [-0.05, 0) is 49.1 Å². The van der Waals surface area contributed by atoms with Crippen LogP contribution in [0.5, 0.6) is 0 Å². The molecular weight excluding hydrogens is 366 g/mol. The van der Waals surface area contributed by atoms with Crippen LogP contribution in [-0.2, 0) is 4.79 Å². The molecule has 29 heavy (non-hydrogen) atoms. The third-order valence-corrected chi connectivity index (χ3v) is 7.05. The zero-order chi connectivity index (χ0) is 20.6. The highest BCUT2D eigenvalue weighted by Crippen LogP contribution is 2.43. The molecule has 4 rings (SSSR count). The van der Waals surface area contributed by atoms with Crippen molar-refractivity contribution in [1.29, 1.82) is 0 Å². The molecule has 2 aliphatic heterocycles. The van der Waals surface area contributed by atoms with Gasteiger partial charge in [-0.2, -0.15) is 0 Å². The molecule has 0 bridgehead atoms. The molecule has 1 N–H and O–H groups in total. The highest BCUT2D eigenvalue weighted by atomic mass is 16.2. The molecule has 158 valence electrons. The van der Waals surface area contributed by atoms with Crippen LogP contribution in [-0.4, -0.2) is 65.1 Å². The summed E-state index contributed by atoms with van der Waals surface area (Å²) in [4.78, 5) is 35.9. The molecule has 7 nitrogen and oxygen atoms in total. The van der Waals surface area contributed by atoms with Gasteiger partial charge in [-0.3, -0.25) is 14.7 Å². The Bertz CT molecular complexity index is 744. The van der Waals surface area contributed by atoms with E-state index in [2.05, 4.69) is 40.9 Å². The molecular formula is C22H33N5O2. The Balaban J connectivity index is 1.34. The first-order valence-electron chi connectivity index (χ1n) is 10.8. The van der Waals surface area contributed by atoms with Crippen molar-refractivity contribution in [3.63, 3.8) is 0 Å². The van der Waals surface area contributed by atoms with E-state index in [0.29, 0.717) is 12.6 Å². The summed E-state index contributed by atoms with van der Waals surface area (Å²) in [6.07, 6.45) is 7.12. The fourth-order valence-corrected chi connectivity index (χ4v) is 5.02. The molecule has 1 spiro atoms. The van der Waals surface area contributed by atoms with E-state index >= 15 is 0 Å². The number of carbonyl (C=O) groups is 2. The number of nitrogens with one attached hydrogen (secondary N) is 1. The monoisotopic (exact) mass is 399 g/mol. The molecule has 0 radical (unpaired) electrons. The molecule has 3 fully saturated rings. The second kappa shape index (κ2) is 7.59. The fourth-order valence-electron chi connectivity index (χ4n) is 5.02. The van der Waals surface area contributed by atoms with Gasteiger partial charge < -0.3 is 10.2 Å². The van der Waals surface area contributed by atoms with Crippen molar-refractivity contribution in [3.8, 4) is 0 Å². The Morgan fingerprint density at radius 3 is 2.28 bits per heavy atom. The first-order valence-corrected chi connectivity index (χ1v) is 10.8. The number of rotatable bonds is 3. The van der Waals surface area contributed by atoms with Crippen molar-refractivity contribution in [2.45, 2.75) is 52.0 Å². The Labute approximate surface area is 173 Å². The maximum Gasteiger partial charge on any atom is 0.326 e. The lowest BCUT2D eigenvalue weighted by Crippen LogP contribution is -2.53. The fraction of sp³-hybridized carbons (Fsp3) is 0.682. The van der Waals surface area contributed by atoms with Crippen LogP contribution in [0.3, 0.4) is 0 Å². The van der Waals surface area contributed by atoms with Crippen molar-refractivity contribution in [2.75, 3.05) is 37.7 Å². The summed E-state index contributed by atoms with van der Waals surface area (Å²) < 4.78 is 0. The Kier molecular flexibility index (Phi) is 5.27. The lowest BCUT2D eigenvalue weighted by atomic mass is 9.67. The predicted octanol–water partition coefficient (Wildman–Crippen LogP) is 2.69. The van der Waals surface area contributed by atoms with Gasteiger partial charge in [-0.15, -0.1) is 0 Å². The van der Waals surface area contributed by atoms with E-state index in [1.807, 2.05) is 24.5 Å². The number of pyridine rings is 1. The van der Waals surface area contributed by atoms with Gasteiger partial charge in [-0.25, -0.2) is 9.69 Å². The Hall–Kier alpha value is -2.15. The average Bonchev–Trinajstić information content (AvgIpc) is 2.93. The molecule has 0 unspecified atom stereocenters. The number of nitrogens with zero attached hydrogens (tertiary/aromatic N) is 4. The second-order valence-electron chi connectivity index (χ2n) is 9.84. The van der Waals surface area contributed by atoms with E-state index in [9.17, 15) is 9.59 Å². The van der Waals surface area contributed by atoms with Gasteiger partial charge in [0.2, 0.25) is 0 Å². The normalized spacial score (nSPS) is 28.9. The standard InChI is InChI=1S/C22H33N5O2/c1-21(2,3)17-4-8-22(9-5-17)19(28)27(20(29)24-22)16-25-12-14-26(15-13-25)18-6-10-23-11-7-18/h6-7,10-11,17H,4-5,8-9,12-16H2,1-3H3,(H,24,29). The Morgan fingerprint density at radius 2 is 1.69 bits per heavy atom. The number of piperazine rings is 1. The number of carbonyl (C=O) groups excluding carboxylic acids is 2. The van der Waals surface area contributed by atoms with Crippen LogP contribution in [0.4, 0.5) is 10.5 Å². The summed E-state index contributed by atoms with van der Waals surface area (Å²) in [5, 5.41) is 3.06. The molecule has 7 heteroatoms. The number of imide groups is 1. The largest absolute Gasteiger partial charge is 0.369 e. The summed E-state index contributed by atoms with van der Waals surface area (Å²) in [7, 11) is 0. The maximum absolute atomic E-state index is 13.2. The van der Waals surface area contributed by atoms with Crippen LogP contribution in [0.15, 0.2) is 24.5 Å². The first kappa shape index (κ1) is 20.1. The minimum atomic E-state index is -0.669. The zero-order valence-electron chi connectivity index (χ0n) is 17.9. The van der Waals surface area contributed by atoms with Gasteiger partial charge in [-0.1, -0.05) is 20.8 Å². The second-order valence-corrected chi connectivity index (χ2v) is 9.84. The summed E-state index contributed by atoms with van der Waals surface area (Å²) >= 11 is 0. The molecule has 3 heterocycles. The molecule has 1 aromatic heterocycles. The highest BCUT2D eigenvalue weighted by Gasteiger charge is 2.53. The smallest absolute Gasteiger partial charge is 0.326 e. The van der Waals surface area contributed by atoms with Crippen LogP contribution in [0.2, 0.25) is 0 Å². The quantitative estimate of drug-likeness (QED) is 0.792. The van der Waals surface area contributed by atoms with Crippen LogP contribution in [0, 0.1) is 11.3 Å². The summed E-state index contributed by atoms with van der Waals surface area (Å²) in [5.41, 5.74) is 0.753. The van der Waals surface area contributed by atoms with E-state index in [1.54, 1.807) is 0 Å². The van der Waals surface area contributed by atoms with E-state index < -0.39 is 5.54 Å². The van der Waals surface area contributed by atoms with Crippen LogP contribution >= 0.6 is 0 Å². The molecule has 3 amide bonds. The van der Waals surface area contributed by atoms with Crippen molar-refractivity contribution >= 4 is 17.6 Å². The Morgan fingerprint density at radius 1 is 1.07 bits per heavy atom. The summed E-state index contributed by atoms with van der Waals surface area (Å²) in [6.45, 7) is 10.6. The number of urea groups is 1. The van der Waals surface area contributed by atoms with Crippen LogP contribution < -0.4 is 10.2 Å². The van der Waals surface area contributed by atoms with Crippen molar-refractivity contribution in [3.05, 3.63) is 24.5 Å².